The van der Waals surface area contributed by atoms with Gasteiger partial charge in [-0.1, -0.05) is 30.3 Å². The van der Waals surface area contributed by atoms with E-state index in [1.165, 1.54) is 5.56 Å². The van der Waals surface area contributed by atoms with Gasteiger partial charge in [0.05, 0.1) is 6.04 Å². The van der Waals surface area contributed by atoms with Crippen LogP contribution < -0.4 is 5.73 Å². The zero-order chi connectivity index (χ0) is 9.97. The van der Waals surface area contributed by atoms with Crippen molar-refractivity contribution < 1.29 is 0 Å². The number of hydrogen-bond acceptors (Lipinski definition) is 1. The number of halogens is 1. The molecule has 4 heteroatoms. The first kappa shape index (κ1) is 11.9. The molecule has 0 spiro atoms. The van der Waals surface area contributed by atoms with Crippen LogP contribution in [0.15, 0.2) is 30.3 Å². The molecule has 0 bridgehead atoms. The molecule has 0 saturated carbocycles. The van der Waals surface area contributed by atoms with Gasteiger partial charge < -0.3 is 10.6 Å². The van der Waals surface area contributed by atoms with Crippen molar-refractivity contribution in [2.24, 2.45) is 5.73 Å². The molecule has 1 fully saturated rings. The lowest BCUT2D eigenvalue weighted by atomic mass is 10.1. The van der Waals surface area contributed by atoms with Gasteiger partial charge in [0.1, 0.15) is 0 Å². The fourth-order valence-corrected chi connectivity index (χ4v) is 2.08. The zero-order valence-corrected chi connectivity index (χ0v) is 9.33. The molecule has 1 aliphatic heterocycles. The number of hydrogen-bond donors (Lipinski definition) is 2. The van der Waals surface area contributed by atoms with Gasteiger partial charge >= 0.3 is 0 Å². The Bertz CT molecular complexity index is 326. The standard InChI is InChI=1S/C11H15N3.ClH/c12-11(13)14-8-4-7-10(14)9-5-2-1-3-6-9;/h1-3,5-6,10H,4,7-8H2,(H3,12,13);1H. The number of rotatable bonds is 1. The first-order valence-corrected chi connectivity index (χ1v) is 4.94. The molecule has 1 aromatic carbocycles. The third-order valence-electron chi connectivity index (χ3n) is 2.75. The molecule has 0 aromatic heterocycles. The molecule has 1 saturated heterocycles. The lowest BCUT2D eigenvalue weighted by molar-refractivity contribution is 0.393. The van der Waals surface area contributed by atoms with E-state index in [0.29, 0.717) is 6.04 Å². The number of benzene rings is 1. The number of guanidine groups is 1. The Kier molecular flexibility index (Phi) is 3.97. The molecule has 0 amide bonds. The highest BCUT2D eigenvalue weighted by atomic mass is 35.5. The summed E-state index contributed by atoms with van der Waals surface area (Å²) >= 11 is 0. The number of nitrogens with two attached hydrogens (primary N) is 1. The Morgan fingerprint density at radius 1 is 1.33 bits per heavy atom. The number of nitrogens with zero attached hydrogens (tertiary/aromatic N) is 1. The second-order valence-corrected chi connectivity index (χ2v) is 3.65. The minimum absolute atomic E-state index is 0. The lowest BCUT2D eigenvalue weighted by Crippen LogP contribution is -2.35. The van der Waals surface area contributed by atoms with Gasteiger partial charge in [-0.2, -0.15) is 0 Å². The third kappa shape index (κ3) is 2.42. The molecular weight excluding hydrogens is 210 g/mol. The lowest BCUT2D eigenvalue weighted by Gasteiger charge is -2.24. The molecule has 3 N–H and O–H groups in total. The summed E-state index contributed by atoms with van der Waals surface area (Å²) in [6.45, 7) is 0.912. The van der Waals surface area contributed by atoms with Crippen LogP contribution in [0.3, 0.4) is 0 Å². The third-order valence-corrected chi connectivity index (χ3v) is 2.75. The largest absolute Gasteiger partial charge is 0.370 e. The molecule has 0 aliphatic carbocycles. The van der Waals surface area contributed by atoms with Crippen molar-refractivity contribution in [1.82, 2.24) is 4.90 Å². The molecule has 1 heterocycles. The molecule has 82 valence electrons. The summed E-state index contributed by atoms with van der Waals surface area (Å²) in [7, 11) is 0. The Morgan fingerprint density at radius 2 is 2.00 bits per heavy atom. The zero-order valence-electron chi connectivity index (χ0n) is 8.52. The number of likely N-dealkylation sites (tertiary alicyclic amines) is 1. The number of nitrogens with one attached hydrogen (secondary N) is 1. The fourth-order valence-electron chi connectivity index (χ4n) is 2.08. The second-order valence-electron chi connectivity index (χ2n) is 3.65. The highest BCUT2D eigenvalue weighted by molar-refractivity contribution is 5.85. The van der Waals surface area contributed by atoms with E-state index in [2.05, 4.69) is 12.1 Å². The van der Waals surface area contributed by atoms with E-state index < -0.39 is 0 Å². The predicted molar refractivity (Wildman–Crippen MR) is 64.3 cm³/mol. The van der Waals surface area contributed by atoms with Crippen molar-refractivity contribution in [3.05, 3.63) is 35.9 Å². The summed E-state index contributed by atoms with van der Waals surface area (Å²) in [6.07, 6.45) is 2.22. The van der Waals surface area contributed by atoms with E-state index in [9.17, 15) is 0 Å². The summed E-state index contributed by atoms with van der Waals surface area (Å²) < 4.78 is 0. The smallest absolute Gasteiger partial charge is 0.188 e. The van der Waals surface area contributed by atoms with Crippen LogP contribution in [0.4, 0.5) is 0 Å². The molecule has 15 heavy (non-hydrogen) atoms. The van der Waals surface area contributed by atoms with Crippen LogP contribution in [0.1, 0.15) is 24.4 Å². The first-order valence-electron chi connectivity index (χ1n) is 4.94. The fraction of sp³-hybridized carbons (Fsp3) is 0.364. The van der Waals surface area contributed by atoms with Gasteiger partial charge in [-0.25, -0.2) is 0 Å². The monoisotopic (exact) mass is 225 g/mol. The van der Waals surface area contributed by atoms with Gasteiger partial charge in [0, 0.05) is 6.54 Å². The molecule has 3 nitrogen and oxygen atoms in total. The van der Waals surface area contributed by atoms with Crippen LogP contribution in [0.25, 0.3) is 0 Å². The van der Waals surface area contributed by atoms with Crippen molar-refractivity contribution in [1.29, 1.82) is 5.41 Å². The van der Waals surface area contributed by atoms with Crippen molar-refractivity contribution >= 4 is 18.4 Å². The summed E-state index contributed by atoms with van der Waals surface area (Å²) in [6, 6.07) is 10.6. The van der Waals surface area contributed by atoms with E-state index in [1.807, 2.05) is 23.1 Å². The van der Waals surface area contributed by atoms with Gasteiger partial charge in [0.15, 0.2) is 5.96 Å². The quantitative estimate of drug-likeness (QED) is 0.568. The average molecular weight is 226 g/mol. The van der Waals surface area contributed by atoms with Crippen LogP contribution in [0.2, 0.25) is 0 Å². The Balaban J connectivity index is 0.00000112. The first-order chi connectivity index (χ1) is 6.79. The van der Waals surface area contributed by atoms with Gasteiger partial charge in [-0.05, 0) is 18.4 Å². The van der Waals surface area contributed by atoms with Crippen molar-refractivity contribution in [2.75, 3.05) is 6.54 Å². The summed E-state index contributed by atoms with van der Waals surface area (Å²) in [5.41, 5.74) is 6.80. The van der Waals surface area contributed by atoms with E-state index in [4.69, 9.17) is 11.1 Å². The van der Waals surface area contributed by atoms with Crippen LogP contribution in [0, 0.1) is 5.41 Å². The molecule has 1 unspecified atom stereocenters. The summed E-state index contributed by atoms with van der Waals surface area (Å²) in [4.78, 5) is 1.97. The normalized spacial score (nSPS) is 19.7. The van der Waals surface area contributed by atoms with Gasteiger partial charge in [0.2, 0.25) is 0 Å². The van der Waals surface area contributed by atoms with Crippen molar-refractivity contribution in [2.45, 2.75) is 18.9 Å². The highest BCUT2D eigenvalue weighted by Crippen LogP contribution is 2.30. The maximum atomic E-state index is 7.48. The Morgan fingerprint density at radius 3 is 2.60 bits per heavy atom. The maximum Gasteiger partial charge on any atom is 0.188 e. The minimum atomic E-state index is 0. The molecule has 1 aliphatic rings. The predicted octanol–water partition coefficient (Wildman–Crippen LogP) is 2.14. The molecule has 2 rings (SSSR count). The van der Waals surface area contributed by atoms with E-state index >= 15 is 0 Å². The van der Waals surface area contributed by atoms with Crippen LogP contribution in [-0.4, -0.2) is 17.4 Å². The van der Waals surface area contributed by atoms with Crippen molar-refractivity contribution in [3.8, 4) is 0 Å². The van der Waals surface area contributed by atoms with Gasteiger partial charge in [0.25, 0.3) is 0 Å². The topological polar surface area (TPSA) is 53.1 Å². The Labute approximate surface area is 96.2 Å². The Hall–Kier alpha value is -1.22. The summed E-state index contributed by atoms with van der Waals surface area (Å²) in [5, 5.41) is 7.48. The molecule has 1 aromatic rings. The molecule has 1 atom stereocenters. The average Bonchev–Trinajstić information content (AvgIpc) is 2.67. The van der Waals surface area contributed by atoms with Crippen LogP contribution in [0.5, 0.6) is 0 Å². The van der Waals surface area contributed by atoms with Crippen LogP contribution >= 0.6 is 12.4 Å². The van der Waals surface area contributed by atoms with Gasteiger partial charge in [-0.3, -0.25) is 5.41 Å². The maximum absolute atomic E-state index is 7.48. The summed E-state index contributed by atoms with van der Waals surface area (Å²) in [5.74, 6) is 0.191. The van der Waals surface area contributed by atoms with Crippen LogP contribution in [-0.2, 0) is 0 Å². The van der Waals surface area contributed by atoms with E-state index in [1.54, 1.807) is 0 Å². The van der Waals surface area contributed by atoms with E-state index in [0.717, 1.165) is 19.4 Å². The SMILES string of the molecule is Cl.N=C(N)N1CCCC1c1ccccc1. The minimum Gasteiger partial charge on any atom is -0.370 e. The molecule has 0 radical (unpaired) electrons. The second kappa shape index (κ2) is 5.03. The van der Waals surface area contributed by atoms with Gasteiger partial charge in [-0.15, -0.1) is 12.4 Å². The molecular formula is C11H16ClN3. The van der Waals surface area contributed by atoms with Crippen molar-refractivity contribution in [3.63, 3.8) is 0 Å². The van der Waals surface area contributed by atoms with E-state index in [-0.39, 0.29) is 18.4 Å². The highest BCUT2D eigenvalue weighted by Gasteiger charge is 2.26.